The standard InChI is InChI=1S/C28H28N4O2/c1-19(2)23-10-8-21(9-11-23)17-29-32-28(33)27-16-26(30-31-27)24-12-14-25(15-13-24)34-18-22-6-4-20(3)5-7-22/h4-17,19H,18H2,1-3H3,(H,30,31)(H,32,33)/b29-17+. The van der Waals surface area contributed by atoms with Crippen LogP contribution in [0.15, 0.2) is 84.0 Å². The summed E-state index contributed by atoms with van der Waals surface area (Å²) < 4.78 is 5.86. The number of hydrogen-bond acceptors (Lipinski definition) is 4. The number of aromatic amines is 1. The minimum Gasteiger partial charge on any atom is -0.489 e. The van der Waals surface area contributed by atoms with Gasteiger partial charge in [-0.1, -0.05) is 67.9 Å². The van der Waals surface area contributed by atoms with Gasteiger partial charge in [0, 0.05) is 5.56 Å². The lowest BCUT2D eigenvalue weighted by Gasteiger charge is -2.07. The number of nitrogens with one attached hydrogen (secondary N) is 2. The average molecular weight is 453 g/mol. The summed E-state index contributed by atoms with van der Waals surface area (Å²) in [7, 11) is 0. The van der Waals surface area contributed by atoms with Crippen LogP contribution in [0.25, 0.3) is 11.3 Å². The van der Waals surface area contributed by atoms with Gasteiger partial charge in [-0.2, -0.15) is 10.2 Å². The third-order valence-corrected chi connectivity index (χ3v) is 5.48. The number of rotatable bonds is 8. The summed E-state index contributed by atoms with van der Waals surface area (Å²) in [6.07, 6.45) is 1.62. The zero-order chi connectivity index (χ0) is 23.9. The molecule has 0 fully saturated rings. The van der Waals surface area contributed by atoms with Crippen LogP contribution < -0.4 is 10.2 Å². The highest BCUT2D eigenvalue weighted by Crippen LogP contribution is 2.22. The Kier molecular flexibility index (Phi) is 7.18. The van der Waals surface area contributed by atoms with E-state index in [1.165, 1.54) is 11.1 Å². The Morgan fingerprint density at radius 2 is 1.74 bits per heavy atom. The molecule has 0 spiro atoms. The van der Waals surface area contributed by atoms with Gasteiger partial charge in [-0.15, -0.1) is 0 Å². The Morgan fingerprint density at radius 1 is 1.03 bits per heavy atom. The van der Waals surface area contributed by atoms with Crippen molar-refractivity contribution in [2.45, 2.75) is 33.3 Å². The maximum atomic E-state index is 12.4. The van der Waals surface area contributed by atoms with Gasteiger partial charge in [0.25, 0.3) is 5.91 Å². The molecular weight excluding hydrogens is 424 g/mol. The second-order valence-corrected chi connectivity index (χ2v) is 8.49. The number of nitrogens with zero attached hydrogens (tertiary/aromatic N) is 2. The first kappa shape index (κ1) is 23.0. The molecule has 0 saturated heterocycles. The van der Waals surface area contributed by atoms with Crippen LogP contribution in [0.4, 0.5) is 0 Å². The largest absolute Gasteiger partial charge is 0.489 e. The first-order valence-electron chi connectivity index (χ1n) is 11.3. The van der Waals surface area contributed by atoms with Gasteiger partial charge in [0.05, 0.1) is 11.9 Å². The average Bonchev–Trinajstić information content (AvgIpc) is 3.35. The van der Waals surface area contributed by atoms with Crippen molar-refractivity contribution in [3.8, 4) is 17.0 Å². The number of benzene rings is 3. The van der Waals surface area contributed by atoms with Crippen LogP contribution in [0.2, 0.25) is 0 Å². The first-order chi connectivity index (χ1) is 16.5. The Morgan fingerprint density at radius 3 is 2.41 bits per heavy atom. The smallest absolute Gasteiger partial charge is 0.289 e. The van der Waals surface area contributed by atoms with Gasteiger partial charge in [0.15, 0.2) is 0 Å². The van der Waals surface area contributed by atoms with E-state index in [0.717, 1.165) is 22.4 Å². The van der Waals surface area contributed by atoms with Crippen molar-refractivity contribution in [3.05, 3.63) is 107 Å². The summed E-state index contributed by atoms with van der Waals surface area (Å²) in [6, 6.07) is 25.7. The molecule has 6 heteroatoms. The highest BCUT2D eigenvalue weighted by molar-refractivity contribution is 5.94. The molecule has 1 heterocycles. The highest BCUT2D eigenvalue weighted by Gasteiger charge is 2.10. The fraction of sp³-hybridized carbons (Fsp3) is 0.179. The third-order valence-electron chi connectivity index (χ3n) is 5.48. The van der Waals surface area contributed by atoms with E-state index in [1.807, 2.05) is 36.4 Å². The number of hydrogen-bond donors (Lipinski definition) is 2. The van der Waals surface area contributed by atoms with Crippen molar-refractivity contribution < 1.29 is 9.53 Å². The minimum atomic E-state index is -0.355. The molecule has 2 N–H and O–H groups in total. The van der Waals surface area contributed by atoms with Gasteiger partial charge in [0.1, 0.15) is 18.1 Å². The summed E-state index contributed by atoms with van der Waals surface area (Å²) in [5, 5.41) is 11.1. The molecule has 1 amide bonds. The number of hydrazone groups is 1. The fourth-order valence-electron chi connectivity index (χ4n) is 3.35. The summed E-state index contributed by atoms with van der Waals surface area (Å²) >= 11 is 0. The molecule has 0 aliphatic heterocycles. The summed E-state index contributed by atoms with van der Waals surface area (Å²) in [4.78, 5) is 12.4. The van der Waals surface area contributed by atoms with Gasteiger partial charge < -0.3 is 4.74 Å². The maximum absolute atomic E-state index is 12.4. The molecule has 0 atom stereocenters. The van der Waals surface area contributed by atoms with Crippen LogP contribution in [-0.4, -0.2) is 22.3 Å². The molecule has 4 rings (SSSR count). The maximum Gasteiger partial charge on any atom is 0.289 e. The Labute approximate surface area is 199 Å². The van der Waals surface area contributed by atoms with Crippen LogP contribution >= 0.6 is 0 Å². The molecule has 0 unspecified atom stereocenters. The molecule has 0 radical (unpaired) electrons. The van der Waals surface area contributed by atoms with Gasteiger partial charge in [-0.3, -0.25) is 9.89 Å². The van der Waals surface area contributed by atoms with Crippen LogP contribution in [0, 0.1) is 6.92 Å². The van der Waals surface area contributed by atoms with Crippen LogP contribution in [0.5, 0.6) is 5.75 Å². The monoisotopic (exact) mass is 452 g/mol. The van der Waals surface area contributed by atoms with E-state index in [9.17, 15) is 4.79 Å². The van der Waals surface area contributed by atoms with E-state index in [2.05, 4.69) is 77.9 Å². The number of carbonyl (C=O) groups excluding carboxylic acids is 1. The second-order valence-electron chi connectivity index (χ2n) is 8.49. The fourth-order valence-corrected chi connectivity index (χ4v) is 3.35. The lowest BCUT2D eigenvalue weighted by atomic mass is 10.0. The molecule has 1 aromatic heterocycles. The number of aromatic nitrogens is 2. The molecule has 0 aliphatic carbocycles. The molecule has 34 heavy (non-hydrogen) atoms. The van der Waals surface area contributed by atoms with Gasteiger partial charge in [-0.25, -0.2) is 5.43 Å². The Hall–Kier alpha value is -4.19. The van der Waals surface area contributed by atoms with Crippen molar-refractivity contribution in [1.82, 2.24) is 15.6 Å². The number of ether oxygens (including phenoxy) is 1. The van der Waals surface area contributed by atoms with Crippen LogP contribution in [0.1, 0.15) is 52.5 Å². The molecule has 0 bridgehead atoms. The zero-order valence-corrected chi connectivity index (χ0v) is 19.6. The Balaban J connectivity index is 1.32. The molecule has 6 nitrogen and oxygen atoms in total. The molecule has 172 valence electrons. The van der Waals surface area contributed by atoms with Crippen molar-refractivity contribution in [3.63, 3.8) is 0 Å². The molecule has 0 saturated carbocycles. The number of carbonyl (C=O) groups is 1. The van der Waals surface area contributed by atoms with E-state index >= 15 is 0 Å². The van der Waals surface area contributed by atoms with Gasteiger partial charge >= 0.3 is 0 Å². The van der Waals surface area contributed by atoms with Crippen molar-refractivity contribution in [2.75, 3.05) is 0 Å². The predicted molar refractivity (Wildman–Crippen MR) is 135 cm³/mol. The number of aryl methyl sites for hydroxylation is 1. The normalized spacial score (nSPS) is 11.2. The first-order valence-corrected chi connectivity index (χ1v) is 11.3. The highest BCUT2D eigenvalue weighted by atomic mass is 16.5. The lowest BCUT2D eigenvalue weighted by Crippen LogP contribution is -2.18. The molecule has 0 aliphatic rings. The SMILES string of the molecule is Cc1ccc(COc2ccc(-c3cc(C(=O)N/N=C/c4ccc(C(C)C)cc4)[nH]n3)cc2)cc1. The van der Waals surface area contributed by atoms with E-state index in [-0.39, 0.29) is 5.91 Å². The summed E-state index contributed by atoms with van der Waals surface area (Å²) in [5.74, 6) is 0.892. The van der Waals surface area contributed by atoms with Gasteiger partial charge in [-0.05, 0) is 59.9 Å². The predicted octanol–water partition coefficient (Wildman–Crippen LogP) is 5.85. The third kappa shape index (κ3) is 5.98. The van der Waals surface area contributed by atoms with E-state index in [4.69, 9.17) is 4.74 Å². The number of H-pyrrole nitrogens is 1. The zero-order valence-electron chi connectivity index (χ0n) is 19.6. The second kappa shape index (κ2) is 10.6. The van der Waals surface area contributed by atoms with E-state index in [1.54, 1.807) is 12.3 Å². The Bertz CT molecular complexity index is 1260. The molecule has 4 aromatic rings. The summed E-state index contributed by atoms with van der Waals surface area (Å²) in [6.45, 7) is 6.87. The lowest BCUT2D eigenvalue weighted by molar-refractivity contribution is 0.0950. The van der Waals surface area contributed by atoms with Crippen LogP contribution in [0.3, 0.4) is 0 Å². The van der Waals surface area contributed by atoms with Crippen LogP contribution in [-0.2, 0) is 6.61 Å². The van der Waals surface area contributed by atoms with E-state index < -0.39 is 0 Å². The number of amides is 1. The topological polar surface area (TPSA) is 79.4 Å². The quantitative estimate of drug-likeness (QED) is 0.260. The van der Waals surface area contributed by atoms with Crippen molar-refractivity contribution >= 4 is 12.1 Å². The summed E-state index contributed by atoms with van der Waals surface area (Å²) in [5.41, 5.74) is 8.94. The van der Waals surface area contributed by atoms with Crippen molar-refractivity contribution in [1.29, 1.82) is 0 Å². The van der Waals surface area contributed by atoms with Crippen molar-refractivity contribution in [2.24, 2.45) is 5.10 Å². The van der Waals surface area contributed by atoms with Gasteiger partial charge in [0.2, 0.25) is 0 Å². The minimum absolute atomic E-state index is 0.335. The molecular formula is C28H28N4O2. The molecule has 3 aromatic carbocycles. The van der Waals surface area contributed by atoms with E-state index in [0.29, 0.717) is 23.9 Å².